The quantitative estimate of drug-likeness (QED) is 0.583. The number of aromatic nitrogens is 2. The van der Waals surface area contributed by atoms with Gasteiger partial charge in [0.05, 0.1) is 13.7 Å². The Morgan fingerprint density at radius 2 is 1.87 bits per heavy atom. The highest BCUT2D eigenvalue weighted by Gasteiger charge is 2.38. The van der Waals surface area contributed by atoms with Gasteiger partial charge in [-0.1, -0.05) is 48.7 Å². The minimum absolute atomic E-state index is 0.00950. The van der Waals surface area contributed by atoms with E-state index in [4.69, 9.17) is 4.84 Å². The molecule has 2 amide bonds. The van der Waals surface area contributed by atoms with Crippen LogP contribution < -0.4 is 5.32 Å². The van der Waals surface area contributed by atoms with E-state index in [0.717, 1.165) is 37.2 Å². The van der Waals surface area contributed by atoms with Crippen molar-refractivity contribution in [3.05, 3.63) is 35.7 Å². The van der Waals surface area contributed by atoms with Gasteiger partial charge in [0.2, 0.25) is 5.82 Å². The van der Waals surface area contributed by atoms with Crippen molar-refractivity contribution in [3.8, 4) is 11.4 Å². The fourth-order valence-electron chi connectivity index (χ4n) is 3.21. The van der Waals surface area contributed by atoms with Crippen LogP contribution >= 0.6 is 0 Å². The van der Waals surface area contributed by atoms with E-state index in [9.17, 15) is 22.8 Å². The molecule has 1 aromatic heterocycles. The number of rotatable bonds is 5. The monoisotopic (exact) mass is 426 g/mol. The minimum Gasteiger partial charge on any atom is -0.345 e. The third-order valence-corrected chi connectivity index (χ3v) is 4.79. The molecule has 1 aliphatic rings. The highest BCUT2D eigenvalue weighted by molar-refractivity contribution is 6.34. The van der Waals surface area contributed by atoms with Crippen LogP contribution in [0, 0.1) is 0 Å². The first-order valence-electron chi connectivity index (χ1n) is 9.44. The predicted octanol–water partition coefficient (Wildman–Crippen LogP) is 3.09. The summed E-state index contributed by atoms with van der Waals surface area (Å²) in [5.41, 5.74) is 0.905. The normalized spacial score (nSPS) is 15.1. The first-order valence-corrected chi connectivity index (χ1v) is 9.44. The fraction of sp³-hybridized carbons (Fsp3) is 0.474. The molecule has 0 spiro atoms. The van der Waals surface area contributed by atoms with Gasteiger partial charge < -0.3 is 9.84 Å². The molecule has 2 aromatic rings. The van der Waals surface area contributed by atoms with E-state index < -0.39 is 23.9 Å². The molecule has 1 N–H and O–H groups in total. The van der Waals surface area contributed by atoms with E-state index in [1.54, 1.807) is 12.1 Å². The van der Waals surface area contributed by atoms with Gasteiger partial charge in [0.25, 0.3) is 0 Å². The smallest absolute Gasteiger partial charge is 0.345 e. The Bertz CT molecular complexity index is 877. The topological polar surface area (TPSA) is 97.6 Å². The van der Waals surface area contributed by atoms with E-state index in [1.807, 2.05) is 0 Å². The van der Waals surface area contributed by atoms with E-state index in [-0.39, 0.29) is 18.4 Å². The number of alkyl halides is 3. The number of halogens is 3. The summed E-state index contributed by atoms with van der Waals surface area (Å²) in [6.07, 6.45) is 0.137. The van der Waals surface area contributed by atoms with Gasteiger partial charge >= 0.3 is 23.9 Å². The van der Waals surface area contributed by atoms with Crippen molar-refractivity contribution in [2.75, 3.05) is 7.11 Å². The third-order valence-electron chi connectivity index (χ3n) is 4.79. The zero-order chi connectivity index (χ0) is 21.7. The van der Waals surface area contributed by atoms with Crippen molar-refractivity contribution >= 4 is 11.8 Å². The van der Waals surface area contributed by atoms with E-state index in [2.05, 4.69) is 20.0 Å². The van der Waals surface area contributed by atoms with Crippen LogP contribution in [-0.2, 0) is 27.1 Å². The lowest BCUT2D eigenvalue weighted by Crippen LogP contribution is -2.46. The summed E-state index contributed by atoms with van der Waals surface area (Å²) in [5.74, 6) is -3.19. The summed E-state index contributed by atoms with van der Waals surface area (Å²) >= 11 is 0. The van der Waals surface area contributed by atoms with Crippen molar-refractivity contribution in [2.24, 2.45) is 0 Å². The van der Waals surface area contributed by atoms with Gasteiger partial charge in [-0.15, -0.1) is 0 Å². The highest BCUT2D eigenvalue weighted by atomic mass is 19.4. The number of hydrogen-bond donors (Lipinski definition) is 1. The Morgan fingerprint density at radius 1 is 1.20 bits per heavy atom. The Labute approximate surface area is 170 Å². The summed E-state index contributed by atoms with van der Waals surface area (Å²) in [6.45, 7) is -0.0201. The summed E-state index contributed by atoms with van der Waals surface area (Å²) < 4.78 is 41.9. The highest BCUT2D eigenvalue weighted by Crippen LogP contribution is 2.29. The lowest BCUT2D eigenvalue weighted by atomic mass is 9.95. The molecule has 162 valence electrons. The van der Waals surface area contributed by atoms with Crippen LogP contribution in [0.3, 0.4) is 0 Å². The molecule has 3 rings (SSSR count). The van der Waals surface area contributed by atoms with Crippen LogP contribution in [0.1, 0.15) is 43.6 Å². The van der Waals surface area contributed by atoms with Crippen molar-refractivity contribution in [3.63, 3.8) is 0 Å². The number of nitrogens with one attached hydrogen (secondary N) is 1. The van der Waals surface area contributed by atoms with Crippen molar-refractivity contribution in [1.82, 2.24) is 20.5 Å². The van der Waals surface area contributed by atoms with Crippen LogP contribution in [0.25, 0.3) is 11.4 Å². The first-order chi connectivity index (χ1) is 14.3. The zero-order valence-electron chi connectivity index (χ0n) is 16.2. The van der Waals surface area contributed by atoms with E-state index in [0.29, 0.717) is 11.1 Å². The molecule has 0 radical (unpaired) electrons. The Balaban J connectivity index is 1.62. The molecule has 1 aliphatic carbocycles. The molecule has 1 aromatic carbocycles. The molecule has 0 bridgehead atoms. The second-order valence-electron chi connectivity index (χ2n) is 6.95. The third kappa shape index (κ3) is 5.35. The van der Waals surface area contributed by atoms with Gasteiger partial charge in [-0.25, -0.2) is 5.06 Å². The molecule has 0 aliphatic heterocycles. The van der Waals surface area contributed by atoms with Gasteiger partial charge in [-0.05, 0) is 18.4 Å². The number of benzene rings is 1. The van der Waals surface area contributed by atoms with Crippen LogP contribution in [0.15, 0.2) is 28.8 Å². The second kappa shape index (κ2) is 9.24. The number of nitrogens with zero attached hydrogens (tertiary/aromatic N) is 3. The van der Waals surface area contributed by atoms with Gasteiger partial charge in [0.1, 0.15) is 0 Å². The van der Waals surface area contributed by atoms with Crippen molar-refractivity contribution < 1.29 is 32.1 Å². The number of hydrogen-bond acceptors (Lipinski definition) is 6. The first kappa shape index (κ1) is 21.8. The van der Waals surface area contributed by atoms with Gasteiger partial charge in [0, 0.05) is 11.6 Å². The lowest BCUT2D eigenvalue weighted by Gasteiger charge is -2.24. The molecule has 0 unspecified atom stereocenters. The van der Waals surface area contributed by atoms with Crippen molar-refractivity contribution in [2.45, 2.75) is 50.9 Å². The maximum Gasteiger partial charge on any atom is 0.471 e. The minimum atomic E-state index is -4.72. The summed E-state index contributed by atoms with van der Waals surface area (Å²) in [4.78, 5) is 33.0. The van der Waals surface area contributed by atoms with Crippen LogP contribution in [0.4, 0.5) is 13.2 Å². The molecule has 30 heavy (non-hydrogen) atoms. The van der Waals surface area contributed by atoms with Crippen molar-refractivity contribution in [1.29, 1.82) is 0 Å². The molecule has 1 saturated carbocycles. The van der Waals surface area contributed by atoms with Crippen LogP contribution in [0.5, 0.6) is 0 Å². The SMILES string of the molecule is CON(Cc1ccc(-c2noc(C(F)(F)F)n2)cc1)C(=O)C(=O)NC1CCCCC1. The Morgan fingerprint density at radius 3 is 2.43 bits per heavy atom. The zero-order valence-corrected chi connectivity index (χ0v) is 16.2. The summed E-state index contributed by atoms with van der Waals surface area (Å²) in [7, 11) is 1.28. The average Bonchev–Trinajstić information content (AvgIpc) is 3.23. The molecule has 0 saturated heterocycles. The molecular formula is C19H21F3N4O4. The van der Waals surface area contributed by atoms with Crippen LogP contribution in [0.2, 0.25) is 0 Å². The van der Waals surface area contributed by atoms with Gasteiger partial charge in [-0.3, -0.25) is 14.4 Å². The van der Waals surface area contributed by atoms with E-state index >= 15 is 0 Å². The Hall–Kier alpha value is -2.95. The lowest BCUT2D eigenvalue weighted by molar-refractivity contribution is -0.182. The van der Waals surface area contributed by atoms with Gasteiger partial charge in [-0.2, -0.15) is 18.2 Å². The predicted molar refractivity (Wildman–Crippen MR) is 97.3 cm³/mol. The number of carbonyl (C=O) groups is 2. The largest absolute Gasteiger partial charge is 0.471 e. The maximum absolute atomic E-state index is 12.6. The molecular weight excluding hydrogens is 405 g/mol. The summed E-state index contributed by atoms with van der Waals surface area (Å²) in [5, 5.41) is 6.97. The number of hydroxylamine groups is 2. The fourth-order valence-corrected chi connectivity index (χ4v) is 3.21. The Kier molecular flexibility index (Phi) is 6.70. The average molecular weight is 426 g/mol. The molecule has 8 nitrogen and oxygen atoms in total. The molecule has 11 heteroatoms. The maximum atomic E-state index is 12.6. The summed E-state index contributed by atoms with van der Waals surface area (Å²) in [6, 6.07) is 6.10. The standard InChI is InChI=1S/C19H21F3N4O4/c1-29-26(17(28)16(27)23-14-5-3-2-4-6-14)11-12-7-9-13(10-8-12)15-24-18(30-25-15)19(20,21)22/h7-10,14H,2-6,11H2,1H3,(H,23,27). The molecule has 1 fully saturated rings. The molecule has 0 atom stereocenters. The van der Waals surface area contributed by atoms with Gasteiger partial charge in [0.15, 0.2) is 0 Å². The van der Waals surface area contributed by atoms with E-state index in [1.165, 1.54) is 19.2 Å². The van der Waals surface area contributed by atoms with Crippen LogP contribution in [-0.4, -0.2) is 40.2 Å². The second-order valence-corrected chi connectivity index (χ2v) is 6.95. The molecule has 1 heterocycles. The number of amides is 2. The number of carbonyl (C=O) groups excluding carboxylic acids is 2.